The molecule has 25 heavy (non-hydrogen) atoms. The van der Waals surface area contributed by atoms with Gasteiger partial charge < -0.3 is 15.4 Å². The van der Waals surface area contributed by atoms with E-state index in [-0.39, 0.29) is 18.4 Å². The van der Waals surface area contributed by atoms with Gasteiger partial charge in [-0.05, 0) is 42.7 Å². The molecule has 2 aromatic rings. The summed E-state index contributed by atoms with van der Waals surface area (Å²) in [6.07, 6.45) is 1.81. The number of hydrogen-bond donors (Lipinski definition) is 2. The Bertz CT molecular complexity index is 711. The number of para-hydroxylation sites is 1. The summed E-state index contributed by atoms with van der Waals surface area (Å²) in [7, 11) is 0. The number of anilines is 1. The molecular formula is C20H24N2O3. The van der Waals surface area contributed by atoms with Gasteiger partial charge in [0.25, 0.3) is 11.8 Å². The number of benzene rings is 2. The molecule has 0 saturated carbocycles. The van der Waals surface area contributed by atoms with Crippen molar-refractivity contribution in [3.63, 3.8) is 0 Å². The SMILES string of the molecule is CCCNC(=O)c1ccccc1NC(=O)COc1ccc(CC)cc1. The van der Waals surface area contributed by atoms with E-state index in [0.717, 1.165) is 12.8 Å². The number of amides is 2. The van der Waals surface area contributed by atoms with Crippen molar-refractivity contribution in [3.8, 4) is 5.75 Å². The minimum Gasteiger partial charge on any atom is -0.484 e. The number of rotatable bonds is 8. The van der Waals surface area contributed by atoms with E-state index in [1.807, 2.05) is 31.2 Å². The van der Waals surface area contributed by atoms with Gasteiger partial charge >= 0.3 is 0 Å². The lowest BCUT2D eigenvalue weighted by molar-refractivity contribution is -0.118. The summed E-state index contributed by atoms with van der Waals surface area (Å²) in [6, 6.07) is 14.6. The van der Waals surface area contributed by atoms with E-state index in [0.29, 0.717) is 23.5 Å². The molecule has 0 aliphatic carbocycles. The zero-order valence-corrected chi connectivity index (χ0v) is 14.7. The highest BCUT2D eigenvalue weighted by molar-refractivity contribution is 6.04. The molecule has 0 heterocycles. The molecule has 0 bridgehead atoms. The summed E-state index contributed by atoms with van der Waals surface area (Å²) in [5.41, 5.74) is 2.13. The third kappa shape index (κ3) is 5.64. The van der Waals surface area contributed by atoms with Gasteiger partial charge in [-0.3, -0.25) is 9.59 Å². The van der Waals surface area contributed by atoms with Crippen LogP contribution in [0, 0.1) is 0 Å². The molecule has 2 N–H and O–H groups in total. The Morgan fingerprint density at radius 2 is 1.72 bits per heavy atom. The molecule has 0 atom stereocenters. The average Bonchev–Trinajstić information content (AvgIpc) is 2.65. The number of ether oxygens (including phenoxy) is 1. The molecular weight excluding hydrogens is 316 g/mol. The van der Waals surface area contributed by atoms with Crippen LogP contribution in [0.4, 0.5) is 5.69 Å². The van der Waals surface area contributed by atoms with E-state index in [1.54, 1.807) is 24.3 Å². The minimum atomic E-state index is -0.310. The van der Waals surface area contributed by atoms with Gasteiger partial charge in [-0.2, -0.15) is 0 Å². The Hall–Kier alpha value is -2.82. The number of hydrogen-bond acceptors (Lipinski definition) is 3. The molecule has 132 valence electrons. The molecule has 0 aromatic heterocycles. The molecule has 5 heteroatoms. The predicted molar refractivity (Wildman–Crippen MR) is 99.0 cm³/mol. The summed E-state index contributed by atoms with van der Waals surface area (Å²) < 4.78 is 5.49. The molecule has 2 aromatic carbocycles. The Morgan fingerprint density at radius 1 is 1.00 bits per heavy atom. The monoisotopic (exact) mass is 340 g/mol. The molecule has 2 amide bonds. The van der Waals surface area contributed by atoms with E-state index < -0.39 is 0 Å². The van der Waals surface area contributed by atoms with Crippen LogP contribution in [-0.2, 0) is 11.2 Å². The molecule has 5 nitrogen and oxygen atoms in total. The third-order valence-corrected chi connectivity index (χ3v) is 3.68. The Labute approximate surface area is 148 Å². The zero-order valence-electron chi connectivity index (χ0n) is 14.7. The molecule has 0 unspecified atom stereocenters. The Morgan fingerprint density at radius 3 is 2.40 bits per heavy atom. The van der Waals surface area contributed by atoms with Gasteiger partial charge in [0.2, 0.25) is 0 Å². The highest BCUT2D eigenvalue weighted by Gasteiger charge is 2.12. The summed E-state index contributed by atoms with van der Waals surface area (Å²) in [5.74, 6) is 0.130. The number of nitrogens with one attached hydrogen (secondary N) is 2. The van der Waals surface area contributed by atoms with E-state index >= 15 is 0 Å². The van der Waals surface area contributed by atoms with Crippen molar-refractivity contribution in [2.45, 2.75) is 26.7 Å². The summed E-state index contributed by atoms with van der Waals surface area (Å²) in [4.78, 5) is 24.3. The van der Waals surface area contributed by atoms with Crippen LogP contribution in [-0.4, -0.2) is 25.0 Å². The predicted octanol–water partition coefficient (Wildman–Crippen LogP) is 3.41. The topological polar surface area (TPSA) is 67.4 Å². The second-order valence-corrected chi connectivity index (χ2v) is 5.64. The molecule has 0 aliphatic rings. The van der Waals surface area contributed by atoms with Crippen LogP contribution < -0.4 is 15.4 Å². The van der Waals surface area contributed by atoms with Crippen molar-refractivity contribution in [3.05, 3.63) is 59.7 Å². The van der Waals surface area contributed by atoms with Gasteiger partial charge in [-0.1, -0.05) is 38.1 Å². The summed E-state index contributed by atoms with van der Waals surface area (Å²) >= 11 is 0. The van der Waals surface area contributed by atoms with E-state index in [1.165, 1.54) is 5.56 Å². The van der Waals surface area contributed by atoms with Gasteiger partial charge in [-0.15, -0.1) is 0 Å². The maximum absolute atomic E-state index is 12.2. The van der Waals surface area contributed by atoms with Crippen molar-refractivity contribution < 1.29 is 14.3 Å². The van der Waals surface area contributed by atoms with Crippen LogP contribution in [0.3, 0.4) is 0 Å². The maximum atomic E-state index is 12.2. The molecule has 0 fully saturated rings. The van der Waals surface area contributed by atoms with Crippen molar-refractivity contribution >= 4 is 17.5 Å². The van der Waals surface area contributed by atoms with Crippen molar-refractivity contribution in [1.82, 2.24) is 5.32 Å². The lowest BCUT2D eigenvalue weighted by atomic mass is 10.1. The Kier molecular flexibility index (Phi) is 7.01. The van der Waals surface area contributed by atoms with Gasteiger partial charge in [-0.25, -0.2) is 0 Å². The highest BCUT2D eigenvalue weighted by Crippen LogP contribution is 2.16. The molecule has 0 spiro atoms. The van der Waals surface area contributed by atoms with Gasteiger partial charge in [0.15, 0.2) is 6.61 Å². The number of carbonyl (C=O) groups is 2. The lowest BCUT2D eigenvalue weighted by Crippen LogP contribution is -2.27. The third-order valence-electron chi connectivity index (χ3n) is 3.68. The van der Waals surface area contributed by atoms with Crippen LogP contribution in [0.1, 0.15) is 36.2 Å². The molecule has 0 saturated heterocycles. The fraction of sp³-hybridized carbons (Fsp3) is 0.300. The second-order valence-electron chi connectivity index (χ2n) is 5.64. The average molecular weight is 340 g/mol. The lowest BCUT2D eigenvalue weighted by Gasteiger charge is -2.12. The fourth-order valence-corrected chi connectivity index (χ4v) is 2.28. The van der Waals surface area contributed by atoms with Crippen LogP contribution >= 0.6 is 0 Å². The van der Waals surface area contributed by atoms with Gasteiger partial charge in [0.05, 0.1) is 11.3 Å². The van der Waals surface area contributed by atoms with E-state index in [9.17, 15) is 9.59 Å². The first-order chi connectivity index (χ1) is 12.1. The van der Waals surface area contributed by atoms with Crippen molar-refractivity contribution in [2.24, 2.45) is 0 Å². The first kappa shape index (κ1) is 18.5. The van der Waals surface area contributed by atoms with Crippen LogP contribution in [0.25, 0.3) is 0 Å². The summed E-state index contributed by atoms with van der Waals surface area (Å²) in [6.45, 7) is 4.55. The minimum absolute atomic E-state index is 0.115. The normalized spacial score (nSPS) is 10.2. The maximum Gasteiger partial charge on any atom is 0.262 e. The fourth-order valence-electron chi connectivity index (χ4n) is 2.28. The van der Waals surface area contributed by atoms with Crippen molar-refractivity contribution in [1.29, 1.82) is 0 Å². The van der Waals surface area contributed by atoms with Crippen LogP contribution in [0.15, 0.2) is 48.5 Å². The standard InChI is InChI=1S/C20H24N2O3/c1-3-13-21-20(24)17-7-5-6-8-18(17)22-19(23)14-25-16-11-9-15(4-2)10-12-16/h5-12H,3-4,13-14H2,1-2H3,(H,21,24)(H,22,23). The largest absolute Gasteiger partial charge is 0.484 e. The van der Waals surface area contributed by atoms with Crippen LogP contribution in [0.2, 0.25) is 0 Å². The van der Waals surface area contributed by atoms with E-state index in [4.69, 9.17) is 4.74 Å². The van der Waals surface area contributed by atoms with E-state index in [2.05, 4.69) is 17.6 Å². The quantitative estimate of drug-likeness (QED) is 0.774. The molecule has 2 rings (SSSR count). The van der Waals surface area contributed by atoms with Gasteiger partial charge in [0, 0.05) is 6.54 Å². The second kappa shape index (κ2) is 9.47. The number of carbonyl (C=O) groups excluding carboxylic acids is 2. The molecule has 0 aliphatic heterocycles. The Balaban J connectivity index is 1.94. The van der Waals surface area contributed by atoms with Gasteiger partial charge in [0.1, 0.15) is 5.75 Å². The number of aryl methyl sites for hydroxylation is 1. The first-order valence-electron chi connectivity index (χ1n) is 8.52. The first-order valence-corrected chi connectivity index (χ1v) is 8.52. The summed E-state index contributed by atoms with van der Waals surface area (Å²) in [5, 5.41) is 5.55. The smallest absolute Gasteiger partial charge is 0.262 e. The zero-order chi connectivity index (χ0) is 18.1. The highest BCUT2D eigenvalue weighted by atomic mass is 16.5. The molecule has 0 radical (unpaired) electrons. The van der Waals surface area contributed by atoms with Crippen LogP contribution in [0.5, 0.6) is 5.75 Å². The van der Waals surface area contributed by atoms with Crippen molar-refractivity contribution in [2.75, 3.05) is 18.5 Å².